The predicted molar refractivity (Wildman–Crippen MR) is 92.1 cm³/mol. The molecule has 1 saturated carbocycles. The third-order valence-electron chi connectivity index (χ3n) is 3.95. The molecule has 3 nitrogen and oxygen atoms in total. The van der Waals surface area contributed by atoms with E-state index in [-0.39, 0.29) is 24.4 Å². The zero-order valence-electron chi connectivity index (χ0n) is 12.5. The molecule has 1 fully saturated rings. The summed E-state index contributed by atoms with van der Waals surface area (Å²) < 4.78 is 0. The van der Waals surface area contributed by atoms with Crippen LogP contribution in [0.5, 0.6) is 0 Å². The Kier molecular flexibility index (Phi) is 8.15. The second-order valence-corrected chi connectivity index (χ2v) is 6.60. The SMILES string of the molecule is Cc1ccc(SCC(=O)NC2CCCCC2CN)cc1.Cl. The van der Waals surface area contributed by atoms with Crippen LogP contribution in [0.15, 0.2) is 29.2 Å². The van der Waals surface area contributed by atoms with Crippen molar-refractivity contribution in [3.05, 3.63) is 29.8 Å². The number of hydrogen-bond acceptors (Lipinski definition) is 3. The zero-order chi connectivity index (χ0) is 14.4. The van der Waals surface area contributed by atoms with E-state index in [4.69, 9.17) is 5.73 Å². The summed E-state index contributed by atoms with van der Waals surface area (Å²) in [7, 11) is 0. The number of nitrogens with one attached hydrogen (secondary N) is 1. The van der Waals surface area contributed by atoms with E-state index in [0.717, 1.165) is 17.7 Å². The number of amides is 1. The van der Waals surface area contributed by atoms with Gasteiger partial charge in [-0.25, -0.2) is 0 Å². The summed E-state index contributed by atoms with van der Waals surface area (Å²) in [6, 6.07) is 8.56. The van der Waals surface area contributed by atoms with Gasteiger partial charge in [0.2, 0.25) is 5.91 Å². The van der Waals surface area contributed by atoms with Gasteiger partial charge >= 0.3 is 0 Å². The van der Waals surface area contributed by atoms with Crippen molar-refractivity contribution in [1.29, 1.82) is 0 Å². The number of benzene rings is 1. The van der Waals surface area contributed by atoms with Gasteiger partial charge in [0.15, 0.2) is 0 Å². The molecule has 1 aliphatic carbocycles. The lowest BCUT2D eigenvalue weighted by atomic mass is 9.84. The molecule has 2 unspecified atom stereocenters. The highest BCUT2D eigenvalue weighted by Crippen LogP contribution is 2.24. The Bertz CT molecular complexity index is 438. The molecule has 1 amide bonds. The number of thioether (sulfide) groups is 1. The van der Waals surface area contributed by atoms with Crippen LogP contribution in [0.1, 0.15) is 31.2 Å². The van der Waals surface area contributed by atoms with Gasteiger partial charge in [0.1, 0.15) is 0 Å². The highest BCUT2D eigenvalue weighted by atomic mass is 35.5. The van der Waals surface area contributed by atoms with Crippen LogP contribution in [-0.2, 0) is 4.79 Å². The Hall–Kier alpha value is -0.710. The van der Waals surface area contributed by atoms with Crippen molar-refractivity contribution >= 4 is 30.1 Å². The smallest absolute Gasteiger partial charge is 0.230 e. The molecular weight excluding hydrogens is 304 g/mol. The zero-order valence-corrected chi connectivity index (χ0v) is 14.1. The van der Waals surface area contributed by atoms with E-state index in [1.807, 2.05) is 0 Å². The Morgan fingerprint density at radius 2 is 1.95 bits per heavy atom. The van der Waals surface area contributed by atoms with Gasteiger partial charge in [-0.15, -0.1) is 24.2 Å². The van der Waals surface area contributed by atoms with E-state index in [1.165, 1.54) is 18.4 Å². The summed E-state index contributed by atoms with van der Waals surface area (Å²) in [5, 5.41) is 3.16. The first kappa shape index (κ1) is 18.3. The number of carbonyl (C=O) groups is 1. The first-order chi connectivity index (χ1) is 9.69. The summed E-state index contributed by atoms with van der Waals surface area (Å²) in [4.78, 5) is 13.2. The molecule has 21 heavy (non-hydrogen) atoms. The third kappa shape index (κ3) is 5.89. The first-order valence-corrected chi connectivity index (χ1v) is 8.36. The molecule has 0 radical (unpaired) electrons. The average molecular weight is 329 g/mol. The summed E-state index contributed by atoms with van der Waals surface area (Å²) in [6.07, 6.45) is 4.66. The minimum atomic E-state index is 0. The van der Waals surface area contributed by atoms with Crippen molar-refractivity contribution in [2.45, 2.75) is 43.5 Å². The normalized spacial score (nSPS) is 21.4. The number of aryl methyl sites for hydroxylation is 1. The summed E-state index contributed by atoms with van der Waals surface area (Å²) in [5.41, 5.74) is 7.03. The van der Waals surface area contributed by atoms with Gasteiger partial charge in [-0.3, -0.25) is 4.79 Å². The van der Waals surface area contributed by atoms with Gasteiger partial charge in [0, 0.05) is 10.9 Å². The molecule has 0 aromatic heterocycles. The van der Waals surface area contributed by atoms with Crippen LogP contribution < -0.4 is 11.1 Å². The van der Waals surface area contributed by atoms with Crippen molar-refractivity contribution in [3.8, 4) is 0 Å². The van der Waals surface area contributed by atoms with Crippen LogP contribution in [0, 0.1) is 12.8 Å². The maximum absolute atomic E-state index is 12.0. The second kappa shape index (κ2) is 9.34. The lowest BCUT2D eigenvalue weighted by Gasteiger charge is -2.31. The minimum absolute atomic E-state index is 0. The molecule has 0 bridgehead atoms. The fourth-order valence-corrected chi connectivity index (χ4v) is 3.42. The number of nitrogens with two attached hydrogens (primary N) is 1. The molecule has 2 atom stereocenters. The van der Waals surface area contributed by atoms with Gasteiger partial charge in [0.25, 0.3) is 0 Å². The van der Waals surface area contributed by atoms with Crippen molar-refractivity contribution in [3.63, 3.8) is 0 Å². The van der Waals surface area contributed by atoms with Crippen molar-refractivity contribution in [1.82, 2.24) is 5.32 Å². The van der Waals surface area contributed by atoms with Gasteiger partial charge in [-0.1, -0.05) is 30.5 Å². The Balaban J connectivity index is 0.00000220. The van der Waals surface area contributed by atoms with E-state index in [2.05, 4.69) is 36.5 Å². The van der Waals surface area contributed by atoms with Crippen molar-refractivity contribution in [2.24, 2.45) is 11.7 Å². The van der Waals surface area contributed by atoms with Gasteiger partial charge in [0.05, 0.1) is 5.75 Å². The highest BCUT2D eigenvalue weighted by molar-refractivity contribution is 8.00. The van der Waals surface area contributed by atoms with Gasteiger partial charge < -0.3 is 11.1 Å². The quantitative estimate of drug-likeness (QED) is 0.816. The molecule has 1 aromatic rings. The predicted octanol–water partition coefficient (Wildman–Crippen LogP) is 3.14. The van der Waals surface area contributed by atoms with Crippen molar-refractivity contribution in [2.75, 3.05) is 12.3 Å². The van der Waals surface area contributed by atoms with Crippen molar-refractivity contribution < 1.29 is 4.79 Å². The molecule has 3 N–H and O–H groups in total. The number of carbonyl (C=O) groups excluding carboxylic acids is 1. The van der Waals surface area contributed by atoms with Crippen LogP contribution in [0.2, 0.25) is 0 Å². The standard InChI is InChI=1S/C16H24N2OS.ClH/c1-12-6-8-14(9-7-12)20-11-16(19)18-15-5-3-2-4-13(15)10-17;/h6-9,13,15H,2-5,10-11,17H2,1H3,(H,18,19);1H. The number of halogens is 1. The monoisotopic (exact) mass is 328 g/mol. The number of rotatable bonds is 5. The molecule has 1 aliphatic rings. The highest BCUT2D eigenvalue weighted by Gasteiger charge is 2.25. The Morgan fingerprint density at radius 3 is 2.62 bits per heavy atom. The van der Waals surface area contributed by atoms with E-state index in [9.17, 15) is 4.79 Å². The maximum atomic E-state index is 12.0. The lowest BCUT2D eigenvalue weighted by molar-refractivity contribution is -0.119. The Morgan fingerprint density at radius 1 is 1.29 bits per heavy atom. The molecule has 2 rings (SSSR count). The van der Waals surface area contributed by atoms with Crippen LogP contribution in [-0.4, -0.2) is 24.2 Å². The molecule has 0 heterocycles. The molecule has 0 aliphatic heterocycles. The summed E-state index contributed by atoms with van der Waals surface area (Å²) in [6.45, 7) is 2.74. The van der Waals surface area contributed by atoms with Gasteiger partial charge in [-0.2, -0.15) is 0 Å². The molecule has 118 valence electrons. The fraction of sp³-hybridized carbons (Fsp3) is 0.562. The maximum Gasteiger partial charge on any atom is 0.230 e. The molecule has 1 aromatic carbocycles. The van der Waals surface area contributed by atoms with E-state index in [0.29, 0.717) is 18.2 Å². The van der Waals surface area contributed by atoms with Crippen LogP contribution in [0.4, 0.5) is 0 Å². The topological polar surface area (TPSA) is 55.1 Å². The minimum Gasteiger partial charge on any atom is -0.352 e. The first-order valence-electron chi connectivity index (χ1n) is 7.38. The van der Waals surface area contributed by atoms with E-state index in [1.54, 1.807) is 11.8 Å². The average Bonchev–Trinajstić information content (AvgIpc) is 2.47. The molecule has 5 heteroatoms. The van der Waals surface area contributed by atoms with Crippen LogP contribution in [0.25, 0.3) is 0 Å². The van der Waals surface area contributed by atoms with E-state index < -0.39 is 0 Å². The lowest BCUT2D eigenvalue weighted by Crippen LogP contribution is -2.45. The van der Waals surface area contributed by atoms with E-state index >= 15 is 0 Å². The summed E-state index contributed by atoms with van der Waals surface area (Å²) in [5.74, 6) is 1.06. The van der Waals surface area contributed by atoms with Gasteiger partial charge in [-0.05, 0) is 44.4 Å². The Labute approximate surface area is 137 Å². The number of hydrogen-bond donors (Lipinski definition) is 2. The third-order valence-corrected chi connectivity index (χ3v) is 4.96. The molecular formula is C16H25ClN2OS. The molecule has 0 spiro atoms. The fourth-order valence-electron chi connectivity index (χ4n) is 2.71. The van der Waals surface area contributed by atoms with Crippen LogP contribution >= 0.6 is 24.2 Å². The van der Waals surface area contributed by atoms with Crippen LogP contribution in [0.3, 0.4) is 0 Å². The largest absolute Gasteiger partial charge is 0.352 e. The molecule has 0 saturated heterocycles. The summed E-state index contributed by atoms with van der Waals surface area (Å²) >= 11 is 1.59. The second-order valence-electron chi connectivity index (χ2n) is 5.56.